The van der Waals surface area contributed by atoms with E-state index < -0.39 is 5.97 Å². The van der Waals surface area contributed by atoms with Crippen LogP contribution in [0.3, 0.4) is 0 Å². The second-order valence-electron chi connectivity index (χ2n) is 7.48. The zero-order valence-electron chi connectivity index (χ0n) is 16.4. The lowest BCUT2D eigenvalue weighted by Gasteiger charge is -2.13. The zero-order chi connectivity index (χ0) is 18.3. The largest absolute Gasteiger partial charge is 0.481 e. The molecule has 1 rings (SSSR count). The number of rotatable bonds is 15. The van der Waals surface area contributed by atoms with E-state index in [0.717, 1.165) is 24.8 Å². The first-order valence-corrected chi connectivity index (χ1v) is 10.4. The van der Waals surface area contributed by atoms with Crippen molar-refractivity contribution >= 4 is 5.97 Å². The highest BCUT2D eigenvalue weighted by atomic mass is 16.4. The summed E-state index contributed by atoms with van der Waals surface area (Å²) in [5, 5.41) is 9.47. The number of carboxylic acid groups (broad SMARTS) is 1. The number of aliphatic carboxylic acids is 1. The number of benzene rings is 1. The van der Waals surface area contributed by atoms with Crippen molar-refractivity contribution in [1.82, 2.24) is 0 Å². The van der Waals surface area contributed by atoms with E-state index in [4.69, 9.17) is 0 Å². The van der Waals surface area contributed by atoms with Crippen LogP contribution in [-0.2, 0) is 4.79 Å². The van der Waals surface area contributed by atoms with Crippen molar-refractivity contribution in [3.63, 3.8) is 0 Å². The summed E-state index contributed by atoms with van der Waals surface area (Å²) in [6.45, 7) is 4.30. The van der Waals surface area contributed by atoms with Crippen LogP contribution in [0.1, 0.15) is 107 Å². The van der Waals surface area contributed by atoms with Crippen molar-refractivity contribution in [1.29, 1.82) is 0 Å². The molecule has 1 aromatic carbocycles. The fourth-order valence-electron chi connectivity index (χ4n) is 3.42. The minimum atomic E-state index is -0.688. The van der Waals surface area contributed by atoms with Gasteiger partial charge in [0.05, 0.1) is 5.92 Å². The van der Waals surface area contributed by atoms with E-state index in [1.54, 1.807) is 0 Å². The molecule has 0 fully saturated rings. The molecule has 0 spiro atoms. The van der Waals surface area contributed by atoms with Crippen LogP contribution in [0, 0.1) is 6.92 Å². The number of carbonyl (C=O) groups is 1. The normalized spacial score (nSPS) is 12.2. The molecule has 0 amide bonds. The summed E-state index contributed by atoms with van der Waals surface area (Å²) in [6.07, 6.45) is 16.5. The summed E-state index contributed by atoms with van der Waals surface area (Å²) in [7, 11) is 0. The average molecular weight is 347 g/mol. The fraction of sp³-hybridized carbons (Fsp3) is 0.696. The summed E-state index contributed by atoms with van der Waals surface area (Å²) < 4.78 is 0. The summed E-state index contributed by atoms with van der Waals surface area (Å²) in [6, 6.07) is 7.95. The van der Waals surface area contributed by atoms with E-state index >= 15 is 0 Å². The molecular weight excluding hydrogens is 308 g/mol. The number of carboxylic acids is 1. The van der Waals surface area contributed by atoms with Gasteiger partial charge >= 0.3 is 5.97 Å². The lowest BCUT2D eigenvalue weighted by molar-refractivity contribution is -0.139. The number of hydrogen-bond acceptors (Lipinski definition) is 1. The molecule has 1 N–H and O–H groups in total. The van der Waals surface area contributed by atoms with E-state index in [1.807, 2.05) is 31.2 Å². The molecule has 142 valence electrons. The Balaban J connectivity index is 2.05. The number of unbranched alkanes of at least 4 members (excludes halogenated alkanes) is 11. The molecule has 0 radical (unpaired) electrons. The standard InChI is InChI=1S/C23H38O2/c1-3-4-5-6-7-8-9-10-11-12-13-14-15-22(23(24)25)21-18-16-20(2)17-19-21/h16-19,22H,3-15H2,1-2H3,(H,24,25). The lowest BCUT2D eigenvalue weighted by Crippen LogP contribution is -2.11. The molecule has 1 aromatic rings. The van der Waals surface area contributed by atoms with Crippen LogP contribution in [0.15, 0.2) is 24.3 Å². The summed E-state index contributed by atoms with van der Waals surface area (Å²) in [5.41, 5.74) is 2.12. The molecule has 0 saturated heterocycles. The van der Waals surface area contributed by atoms with Gasteiger partial charge in [-0.15, -0.1) is 0 Å². The van der Waals surface area contributed by atoms with Crippen LogP contribution in [-0.4, -0.2) is 11.1 Å². The van der Waals surface area contributed by atoms with Crippen LogP contribution in [0.25, 0.3) is 0 Å². The maximum atomic E-state index is 11.5. The van der Waals surface area contributed by atoms with E-state index in [0.29, 0.717) is 0 Å². The molecule has 0 heterocycles. The molecule has 0 aliphatic carbocycles. The molecule has 2 nitrogen and oxygen atoms in total. The quantitative estimate of drug-likeness (QED) is 0.339. The van der Waals surface area contributed by atoms with Gasteiger partial charge in [-0.05, 0) is 18.9 Å². The van der Waals surface area contributed by atoms with Crippen LogP contribution >= 0.6 is 0 Å². The fourth-order valence-corrected chi connectivity index (χ4v) is 3.42. The predicted octanol–water partition coefficient (Wildman–Crippen LogP) is 7.25. The first-order valence-electron chi connectivity index (χ1n) is 10.4. The van der Waals surface area contributed by atoms with Crippen LogP contribution < -0.4 is 0 Å². The summed E-state index contributed by atoms with van der Waals surface area (Å²) in [4.78, 5) is 11.5. The first kappa shape index (κ1) is 21.7. The number of hydrogen-bond donors (Lipinski definition) is 1. The molecule has 0 saturated carbocycles. The van der Waals surface area contributed by atoms with Gasteiger partial charge in [0.1, 0.15) is 0 Å². The van der Waals surface area contributed by atoms with Crippen LogP contribution in [0.5, 0.6) is 0 Å². The van der Waals surface area contributed by atoms with E-state index in [2.05, 4.69) is 6.92 Å². The average Bonchev–Trinajstić information content (AvgIpc) is 2.60. The van der Waals surface area contributed by atoms with Crippen molar-refractivity contribution in [2.45, 2.75) is 103 Å². The Morgan fingerprint density at radius 1 is 0.800 bits per heavy atom. The van der Waals surface area contributed by atoms with Gasteiger partial charge in [-0.1, -0.05) is 114 Å². The van der Waals surface area contributed by atoms with Gasteiger partial charge in [-0.25, -0.2) is 0 Å². The maximum Gasteiger partial charge on any atom is 0.310 e. The van der Waals surface area contributed by atoms with Gasteiger partial charge in [-0.3, -0.25) is 4.79 Å². The van der Waals surface area contributed by atoms with E-state index in [-0.39, 0.29) is 5.92 Å². The van der Waals surface area contributed by atoms with Crippen LogP contribution in [0.2, 0.25) is 0 Å². The van der Waals surface area contributed by atoms with Gasteiger partial charge in [0.25, 0.3) is 0 Å². The third-order valence-corrected chi connectivity index (χ3v) is 5.12. The Morgan fingerprint density at radius 2 is 1.24 bits per heavy atom. The summed E-state index contributed by atoms with van der Waals surface area (Å²) in [5.74, 6) is -1.03. The lowest BCUT2D eigenvalue weighted by atomic mass is 9.92. The molecule has 25 heavy (non-hydrogen) atoms. The smallest absolute Gasteiger partial charge is 0.310 e. The van der Waals surface area contributed by atoms with Crippen molar-refractivity contribution in [3.8, 4) is 0 Å². The summed E-state index contributed by atoms with van der Waals surface area (Å²) >= 11 is 0. The van der Waals surface area contributed by atoms with Gasteiger partial charge in [0.15, 0.2) is 0 Å². The van der Waals surface area contributed by atoms with Crippen LogP contribution in [0.4, 0.5) is 0 Å². The zero-order valence-corrected chi connectivity index (χ0v) is 16.4. The molecular formula is C23H38O2. The third kappa shape index (κ3) is 10.3. The number of aryl methyl sites for hydroxylation is 1. The Kier molecular flexibility index (Phi) is 12.1. The molecule has 0 aromatic heterocycles. The van der Waals surface area contributed by atoms with Gasteiger partial charge in [-0.2, -0.15) is 0 Å². The van der Waals surface area contributed by atoms with Crippen molar-refractivity contribution in [2.75, 3.05) is 0 Å². The second-order valence-corrected chi connectivity index (χ2v) is 7.48. The minimum absolute atomic E-state index is 0.344. The highest BCUT2D eigenvalue weighted by Gasteiger charge is 2.18. The second kappa shape index (κ2) is 13.9. The van der Waals surface area contributed by atoms with E-state index in [1.165, 1.54) is 69.8 Å². The minimum Gasteiger partial charge on any atom is -0.481 e. The van der Waals surface area contributed by atoms with E-state index in [9.17, 15) is 9.90 Å². The molecule has 1 unspecified atom stereocenters. The van der Waals surface area contributed by atoms with Crippen molar-refractivity contribution < 1.29 is 9.90 Å². The SMILES string of the molecule is CCCCCCCCCCCCCCC(C(=O)O)c1ccc(C)cc1. The monoisotopic (exact) mass is 346 g/mol. The maximum absolute atomic E-state index is 11.5. The topological polar surface area (TPSA) is 37.3 Å². The van der Waals surface area contributed by atoms with Gasteiger partial charge < -0.3 is 5.11 Å². The molecule has 1 atom stereocenters. The Labute approximate surface area is 155 Å². The Hall–Kier alpha value is -1.31. The molecule has 0 aliphatic heterocycles. The van der Waals surface area contributed by atoms with Crippen molar-refractivity contribution in [3.05, 3.63) is 35.4 Å². The highest BCUT2D eigenvalue weighted by Crippen LogP contribution is 2.24. The molecule has 0 aliphatic rings. The Bertz CT molecular complexity index is 450. The highest BCUT2D eigenvalue weighted by molar-refractivity contribution is 5.76. The third-order valence-electron chi connectivity index (χ3n) is 5.12. The van der Waals surface area contributed by atoms with Gasteiger partial charge in [0.2, 0.25) is 0 Å². The first-order chi connectivity index (χ1) is 12.1. The molecule has 0 bridgehead atoms. The van der Waals surface area contributed by atoms with Crippen molar-refractivity contribution in [2.24, 2.45) is 0 Å². The molecule has 2 heteroatoms. The Morgan fingerprint density at radius 3 is 1.68 bits per heavy atom. The predicted molar refractivity (Wildman–Crippen MR) is 107 cm³/mol. The van der Waals surface area contributed by atoms with Gasteiger partial charge in [0, 0.05) is 0 Å².